The van der Waals surface area contributed by atoms with Gasteiger partial charge in [-0.25, -0.2) is 9.97 Å². The van der Waals surface area contributed by atoms with Crippen LogP contribution in [0.1, 0.15) is 22.4 Å². The van der Waals surface area contributed by atoms with Gasteiger partial charge in [0.1, 0.15) is 5.82 Å². The van der Waals surface area contributed by atoms with Gasteiger partial charge in [-0.05, 0) is 30.7 Å². The molecule has 0 amide bonds. The van der Waals surface area contributed by atoms with Crippen LogP contribution in [0.2, 0.25) is 0 Å². The van der Waals surface area contributed by atoms with E-state index in [2.05, 4.69) is 24.8 Å². The molecule has 0 bridgehead atoms. The first-order valence-corrected chi connectivity index (χ1v) is 8.46. The summed E-state index contributed by atoms with van der Waals surface area (Å²) in [7, 11) is 0. The van der Waals surface area contributed by atoms with Gasteiger partial charge in [0.25, 0.3) is 5.56 Å². The highest BCUT2D eigenvalue weighted by molar-refractivity contribution is 5.53. The molecule has 1 N–H and O–H groups in total. The third-order valence-corrected chi connectivity index (χ3v) is 4.70. The largest absolute Gasteiger partial charge is 0.306 e. The maximum absolute atomic E-state index is 14.0. The molecule has 0 radical (unpaired) electrons. The lowest BCUT2D eigenvalue weighted by atomic mass is 10.0. The third-order valence-electron chi connectivity index (χ3n) is 4.70. The fourth-order valence-electron chi connectivity index (χ4n) is 3.22. The maximum Gasteiger partial charge on any atom is 0.255 e. The monoisotopic (exact) mass is 351 g/mol. The molecule has 0 saturated carbocycles. The Hall–Kier alpha value is -2.93. The van der Waals surface area contributed by atoms with Crippen LogP contribution in [0.3, 0.4) is 0 Å². The summed E-state index contributed by atoms with van der Waals surface area (Å²) in [6.07, 6.45) is 5.47. The van der Waals surface area contributed by atoms with Crippen molar-refractivity contribution in [1.82, 2.24) is 24.8 Å². The molecule has 0 aliphatic carbocycles. The number of pyridine rings is 2. The molecule has 6 nitrogen and oxygen atoms in total. The number of rotatable bonds is 3. The Morgan fingerprint density at radius 1 is 1.31 bits per heavy atom. The minimum absolute atomic E-state index is 0.151. The molecule has 4 heterocycles. The van der Waals surface area contributed by atoms with Crippen LogP contribution in [0.4, 0.5) is 4.39 Å². The van der Waals surface area contributed by atoms with Crippen LogP contribution in [-0.2, 0) is 19.5 Å². The lowest BCUT2D eigenvalue weighted by Crippen LogP contribution is -2.35. The van der Waals surface area contributed by atoms with Gasteiger partial charge in [-0.2, -0.15) is 4.39 Å². The van der Waals surface area contributed by atoms with Crippen molar-refractivity contribution in [3.8, 4) is 11.4 Å². The Morgan fingerprint density at radius 2 is 2.19 bits per heavy atom. The molecule has 0 atom stereocenters. The summed E-state index contributed by atoms with van der Waals surface area (Å²) < 4.78 is 14.0. The number of nitrogens with zero attached hydrogens (tertiary/aromatic N) is 4. The average Bonchev–Trinajstić information content (AvgIpc) is 2.66. The van der Waals surface area contributed by atoms with Crippen molar-refractivity contribution in [3.05, 3.63) is 75.5 Å². The predicted octanol–water partition coefficient (Wildman–Crippen LogP) is 2.23. The first kappa shape index (κ1) is 16.5. The van der Waals surface area contributed by atoms with E-state index in [0.29, 0.717) is 43.0 Å². The van der Waals surface area contributed by atoms with E-state index in [9.17, 15) is 9.18 Å². The molecule has 0 spiro atoms. The van der Waals surface area contributed by atoms with Crippen molar-refractivity contribution in [2.45, 2.75) is 26.4 Å². The first-order valence-electron chi connectivity index (χ1n) is 8.46. The summed E-state index contributed by atoms with van der Waals surface area (Å²) in [5, 5.41) is 0. The number of hydrogen-bond donors (Lipinski definition) is 1. The highest BCUT2D eigenvalue weighted by Crippen LogP contribution is 2.21. The molecule has 3 aromatic rings. The number of halogens is 1. The predicted molar refractivity (Wildman–Crippen MR) is 94.8 cm³/mol. The third kappa shape index (κ3) is 3.13. The van der Waals surface area contributed by atoms with Gasteiger partial charge in [-0.15, -0.1) is 0 Å². The molecule has 3 aromatic heterocycles. The fourth-order valence-corrected chi connectivity index (χ4v) is 3.22. The number of nitrogens with one attached hydrogen (secondary N) is 1. The molecule has 0 fully saturated rings. The Balaban J connectivity index is 1.61. The van der Waals surface area contributed by atoms with Gasteiger partial charge in [-0.1, -0.05) is 0 Å². The molecule has 1 aliphatic rings. The molecular formula is C19H18FN5O. The number of aromatic nitrogens is 4. The van der Waals surface area contributed by atoms with Crippen LogP contribution in [0.25, 0.3) is 11.4 Å². The first-order chi connectivity index (χ1) is 12.6. The highest BCUT2D eigenvalue weighted by atomic mass is 19.1. The molecule has 7 heteroatoms. The van der Waals surface area contributed by atoms with E-state index in [4.69, 9.17) is 0 Å². The van der Waals surface area contributed by atoms with E-state index in [1.165, 1.54) is 6.20 Å². The van der Waals surface area contributed by atoms with Gasteiger partial charge in [0.15, 0.2) is 0 Å². The number of H-pyrrole nitrogens is 1. The zero-order valence-corrected chi connectivity index (χ0v) is 14.4. The van der Waals surface area contributed by atoms with Crippen molar-refractivity contribution in [1.29, 1.82) is 0 Å². The minimum Gasteiger partial charge on any atom is -0.306 e. The van der Waals surface area contributed by atoms with Crippen molar-refractivity contribution in [3.63, 3.8) is 0 Å². The quantitative estimate of drug-likeness (QED) is 0.733. The normalized spacial score (nSPS) is 14.2. The second kappa shape index (κ2) is 6.76. The van der Waals surface area contributed by atoms with Crippen molar-refractivity contribution < 1.29 is 4.39 Å². The molecule has 0 aromatic carbocycles. The lowest BCUT2D eigenvalue weighted by molar-refractivity contribution is 0.237. The number of aromatic amines is 1. The van der Waals surface area contributed by atoms with Gasteiger partial charge < -0.3 is 4.98 Å². The van der Waals surface area contributed by atoms with Crippen LogP contribution in [0, 0.1) is 12.9 Å². The summed E-state index contributed by atoms with van der Waals surface area (Å²) in [5.74, 6) is 0.0826. The second-order valence-corrected chi connectivity index (χ2v) is 6.44. The molecule has 132 valence electrons. The number of fused-ring (bicyclic) bond motifs is 1. The van der Waals surface area contributed by atoms with E-state index in [1.807, 2.05) is 13.0 Å². The van der Waals surface area contributed by atoms with E-state index in [0.717, 1.165) is 16.8 Å². The Morgan fingerprint density at radius 3 is 2.96 bits per heavy atom. The average molecular weight is 351 g/mol. The molecule has 0 saturated heterocycles. The zero-order valence-electron chi connectivity index (χ0n) is 14.4. The molecule has 4 rings (SSSR count). The Labute approximate surface area is 149 Å². The molecule has 1 aliphatic heterocycles. The van der Waals surface area contributed by atoms with Gasteiger partial charge in [0.2, 0.25) is 5.95 Å². The van der Waals surface area contributed by atoms with E-state index < -0.39 is 5.95 Å². The summed E-state index contributed by atoms with van der Waals surface area (Å²) >= 11 is 0. The summed E-state index contributed by atoms with van der Waals surface area (Å²) in [5.41, 5.74) is 3.51. The smallest absolute Gasteiger partial charge is 0.255 e. The van der Waals surface area contributed by atoms with Crippen LogP contribution >= 0.6 is 0 Å². The summed E-state index contributed by atoms with van der Waals surface area (Å²) in [6, 6.07) is 5.47. The van der Waals surface area contributed by atoms with Crippen molar-refractivity contribution in [2.75, 3.05) is 6.54 Å². The summed E-state index contributed by atoms with van der Waals surface area (Å²) in [6.45, 7) is 3.45. The Kier molecular flexibility index (Phi) is 4.30. The SMILES string of the molecule is Cc1ccnc(F)c1CN1CCc2nc(-c3cccnc3)[nH]c(=O)c2C1. The Bertz CT molecular complexity index is 982. The van der Waals surface area contributed by atoms with Crippen molar-refractivity contribution >= 4 is 0 Å². The van der Waals surface area contributed by atoms with Crippen molar-refractivity contribution in [2.24, 2.45) is 0 Å². The van der Waals surface area contributed by atoms with Gasteiger partial charge in [-0.3, -0.25) is 14.7 Å². The van der Waals surface area contributed by atoms with Crippen LogP contribution in [0.15, 0.2) is 41.6 Å². The van der Waals surface area contributed by atoms with Gasteiger partial charge in [0.05, 0.1) is 11.3 Å². The van der Waals surface area contributed by atoms with Gasteiger partial charge in [0, 0.05) is 55.8 Å². The minimum atomic E-state index is -0.449. The van der Waals surface area contributed by atoms with Crippen LogP contribution in [-0.4, -0.2) is 31.4 Å². The molecular weight excluding hydrogens is 333 g/mol. The highest BCUT2D eigenvalue weighted by Gasteiger charge is 2.23. The molecule has 0 unspecified atom stereocenters. The van der Waals surface area contributed by atoms with E-state index >= 15 is 0 Å². The number of aryl methyl sites for hydroxylation is 1. The zero-order chi connectivity index (χ0) is 18.1. The lowest BCUT2D eigenvalue weighted by Gasteiger charge is -2.28. The topological polar surface area (TPSA) is 74.8 Å². The van der Waals surface area contributed by atoms with Crippen LogP contribution < -0.4 is 5.56 Å². The summed E-state index contributed by atoms with van der Waals surface area (Å²) in [4.78, 5) is 29.9. The van der Waals surface area contributed by atoms with E-state index in [1.54, 1.807) is 24.5 Å². The number of hydrogen-bond acceptors (Lipinski definition) is 5. The standard InChI is InChI=1S/C19H18FN5O/c1-12-4-7-22-17(20)14(12)10-25-8-5-16-15(11-25)19(26)24-18(23-16)13-3-2-6-21-9-13/h2-4,6-7,9H,5,8,10-11H2,1H3,(H,23,24,26). The van der Waals surface area contributed by atoms with Crippen LogP contribution in [0.5, 0.6) is 0 Å². The fraction of sp³-hybridized carbons (Fsp3) is 0.263. The van der Waals surface area contributed by atoms with Gasteiger partial charge >= 0.3 is 0 Å². The second-order valence-electron chi connectivity index (χ2n) is 6.44. The maximum atomic E-state index is 14.0. The van der Waals surface area contributed by atoms with E-state index in [-0.39, 0.29) is 5.56 Å². The molecule has 26 heavy (non-hydrogen) atoms.